The number of hydrogen-bond acceptors (Lipinski definition) is 4. The van der Waals surface area contributed by atoms with Crippen LogP contribution in [0.2, 0.25) is 0 Å². The summed E-state index contributed by atoms with van der Waals surface area (Å²) in [5.74, 6) is 0.0169. The molecule has 3 rings (SSSR count). The minimum atomic E-state index is -0.761. The van der Waals surface area contributed by atoms with E-state index in [4.69, 9.17) is 0 Å². The van der Waals surface area contributed by atoms with Gasteiger partial charge in [0.15, 0.2) is 0 Å². The Bertz CT molecular complexity index is 651. The molecule has 0 aromatic carbocycles. The number of likely N-dealkylation sites (tertiary alicyclic amines) is 2. The van der Waals surface area contributed by atoms with Gasteiger partial charge in [-0.15, -0.1) is 0 Å². The van der Waals surface area contributed by atoms with Gasteiger partial charge in [-0.3, -0.25) is 9.78 Å². The highest BCUT2D eigenvalue weighted by Gasteiger charge is 2.46. The van der Waals surface area contributed by atoms with E-state index in [1.807, 2.05) is 17.0 Å². The van der Waals surface area contributed by atoms with Crippen molar-refractivity contribution in [2.75, 3.05) is 40.3 Å². The highest BCUT2D eigenvalue weighted by atomic mass is 16.3. The smallest absolute Gasteiger partial charge is 0.319 e. The summed E-state index contributed by atoms with van der Waals surface area (Å²) in [7, 11) is 3.47. The Hall–Kier alpha value is -2.15. The topological polar surface area (TPSA) is 77.0 Å². The maximum Gasteiger partial charge on any atom is 0.319 e. The molecule has 1 aromatic heterocycles. The van der Waals surface area contributed by atoms with E-state index in [1.165, 1.54) is 0 Å². The van der Waals surface area contributed by atoms with Crippen molar-refractivity contribution in [1.29, 1.82) is 0 Å². The number of aryl methyl sites for hydroxylation is 1. The third-order valence-electron chi connectivity index (χ3n) is 5.63. The molecule has 1 aromatic rings. The van der Waals surface area contributed by atoms with Gasteiger partial charge in [0, 0.05) is 65.0 Å². The molecule has 0 saturated carbocycles. The van der Waals surface area contributed by atoms with Gasteiger partial charge in [-0.1, -0.05) is 6.07 Å². The van der Waals surface area contributed by atoms with E-state index in [1.54, 1.807) is 36.3 Å². The van der Waals surface area contributed by atoms with Crippen LogP contribution in [-0.4, -0.2) is 82.6 Å². The minimum Gasteiger partial charge on any atom is -0.389 e. The lowest BCUT2D eigenvalue weighted by molar-refractivity contribution is -0.145. The van der Waals surface area contributed by atoms with E-state index < -0.39 is 5.60 Å². The monoisotopic (exact) mass is 360 g/mol. The SMILES string of the molecule is CN(C)C(=O)N1CCC2(O)CCN(C(=O)CCc3cccnc3)CC2C1. The predicted octanol–water partition coefficient (Wildman–Crippen LogP) is 0.981. The molecule has 2 saturated heterocycles. The first-order valence-electron chi connectivity index (χ1n) is 9.24. The van der Waals surface area contributed by atoms with Crippen LogP contribution >= 0.6 is 0 Å². The molecule has 3 amide bonds. The molecular weight excluding hydrogens is 332 g/mol. The molecule has 0 bridgehead atoms. The van der Waals surface area contributed by atoms with Crippen LogP contribution in [0.1, 0.15) is 24.8 Å². The number of hydrogen-bond donors (Lipinski definition) is 1. The second kappa shape index (κ2) is 7.61. The van der Waals surface area contributed by atoms with Gasteiger partial charge in [-0.25, -0.2) is 4.79 Å². The number of carbonyl (C=O) groups is 2. The zero-order valence-corrected chi connectivity index (χ0v) is 15.6. The van der Waals surface area contributed by atoms with Gasteiger partial charge in [0.25, 0.3) is 0 Å². The molecule has 2 unspecified atom stereocenters. The predicted molar refractivity (Wildman–Crippen MR) is 97.5 cm³/mol. The van der Waals surface area contributed by atoms with E-state index in [2.05, 4.69) is 4.98 Å². The number of nitrogens with zero attached hydrogens (tertiary/aromatic N) is 4. The van der Waals surface area contributed by atoms with E-state index in [9.17, 15) is 14.7 Å². The van der Waals surface area contributed by atoms with Gasteiger partial charge in [0.05, 0.1) is 5.60 Å². The van der Waals surface area contributed by atoms with Gasteiger partial charge in [0.2, 0.25) is 5.91 Å². The van der Waals surface area contributed by atoms with Crippen LogP contribution in [0.4, 0.5) is 4.79 Å². The first kappa shape index (κ1) is 18.6. The van der Waals surface area contributed by atoms with Gasteiger partial charge in [-0.05, 0) is 30.9 Å². The van der Waals surface area contributed by atoms with Crippen LogP contribution in [0, 0.1) is 5.92 Å². The quantitative estimate of drug-likeness (QED) is 0.872. The van der Waals surface area contributed by atoms with E-state index in [0.29, 0.717) is 51.9 Å². The Kier molecular flexibility index (Phi) is 5.46. The first-order chi connectivity index (χ1) is 12.4. The van der Waals surface area contributed by atoms with Crippen molar-refractivity contribution in [3.05, 3.63) is 30.1 Å². The third-order valence-corrected chi connectivity index (χ3v) is 5.63. The molecule has 2 fully saturated rings. The van der Waals surface area contributed by atoms with Crippen molar-refractivity contribution in [2.45, 2.75) is 31.3 Å². The minimum absolute atomic E-state index is 0.0351. The summed E-state index contributed by atoms with van der Waals surface area (Å²) >= 11 is 0. The fourth-order valence-electron chi connectivity index (χ4n) is 3.94. The summed E-state index contributed by atoms with van der Waals surface area (Å²) in [6, 6.07) is 3.81. The highest BCUT2D eigenvalue weighted by Crippen LogP contribution is 2.35. The third kappa shape index (κ3) is 3.98. The molecule has 2 aliphatic heterocycles. The lowest BCUT2D eigenvalue weighted by Gasteiger charge is -2.50. The summed E-state index contributed by atoms with van der Waals surface area (Å²) in [5.41, 5.74) is 0.290. The molecule has 2 aliphatic rings. The maximum atomic E-state index is 12.6. The summed E-state index contributed by atoms with van der Waals surface area (Å²) in [4.78, 5) is 34.1. The number of aliphatic hydroxyl groups is 1. The van der Waals surface area contributed by atoms with Gasteiger partial charge in [0.1, 0.15) is 0 Å². The van der Waals surface area contributed by atoms with Crippen molar-refractivity contribution in [3.63, 3.8) is 0 Å². The van der Waals surface area contributed by atoms with E-state index >= 15 is 0 Å². The summed E-state index contributed by atoms with van der Waals surface area (Å²) in [5, 5.41) is 10.9. The Morgan fingerprint density at radius 1 is 1.27 bits per heavy atom. The Morgan fingerprint density at radius 2 is 1.96 bits per heavy atom. The van der Waals surface area contributed by atoms with E-state index in [-0.39, 0.29) is 17.9 Å². The Balaban J connectivity index is 1.58. The summed E-state index contributed by atoms with van der Waals surface area (Å²) in [6.45, 7) is 2.17. The Morgan fingerprint density at radius 3 is 2.62 bits per heavy atom. The molecule has 2 atom stereocenters. The zero-order chi connectivity index (χ0) is 18.7. The fraction of sp³-hybridized carbons (Fsp3) is 0.632. The normalized spacial score (nSPS) is 25.6. The second-order valence-corrected chi connectivity index (χ2v) is 7.62. The van der Waals surface area contributed by atoms with Crippen LogP contribution in [0.5, 0.6) is 0 Å². The van der Waals surface area contributed by atoms with Crippen molar-refractivity contribution in [1.82, 2.24) is 19.7 Å². The maximum absolute atomic E-state index is 12.6. The van der Waals surface area contributed by atoms with Crippen LogP contribution in [0.25, 0.3) is 0 Å². The number of aromatic nitrogens is 1. The van der Waals surface area contributed by atoms with Crippen molar-refractivity contribution in [3.8, 4) is 0 Å². The average Bonchev–Trinajstić information content (AvgIpc) is 2.65. The molecule has 3 heterocycles. The number of piperidine rings is 2. The number of fused-ring (bicyclic) bond motifs is 1. The number of amides is 3. The standard InChI is InChI=1S/C19H28N4O3/c1-21(2)18(25)23-11-8-19(26)7-10-22(13-16(19)14-23)17(24)6-5-15-4-3-9-20-12-15/h3-4,9,12,16,26H,5-8,10-11,13-14H2,1-2H3. The summed E-state index contributed by atoms with van der Waals surface area (Å²) < 4.78 is 0. The fourth-order valence-corrected chi connectivity index (χ4v) is 3.94. The molecular formula is C19H28N4O3. The molecule has 7 heteroatoms. The van der Waals surface area contributed by atoms with Crippen molar-refractivity contribution < 1.29 is 14.7 Å². The molecule has 1 N–H and O–H groups in total. The lowest BCUT2D eigenvalue weighted by Crippen LogP contribution is -2.62. The second-order valence-electron chi connectivity index (χ2n) is 7.62. The highest BCUT2D eigenvalue weighted by molar-refractivity contribution is 5.77. The van der Waals surface area contributed by atoms with Crippen LogP contribution < -0.4 is 0 Å². The molecule has 26 heavy (non-hydrogen) atoms. The molecule has 142 valence electrons. The van der Waals surface area contributed by atoms with Crippen LogP contribution in [0.15, 0.2) is 24.5 Å². The lowest BCUT2D eigenvalue weighted by atomic mass is 9.75. The summed E-state index contributed by atoms with van der Waals surface area (Å²) in [6.07, 6.45) is 5.78. The molecule has 0 spiro atoms. The largest absolute Gasteiger partial charge is 0.389 e. The Labute approximate surface area is 154 Å². The van der Waals surface area contributed by atoms with Crippen LogP contribution in [-0.2, 0) is 11.2 Å². The van der Waals surface area contributed by atoms with E-state index in [0.717, 1.165) is 5.56 Å². The van der Waals surface area contributed by atoms with Crippen molar-refractivity contribution in [2.24, 2.45) is 5.92 Å². The molecule has 0 radical (unpaired) electrons. The van der Waals surface area contributed by atoms with Crippen LogP contribution in [0.3, 0.4) is 0 Å². The average molecular weight is 360 g/mol. The number of rotatable bonds is 3. The molecule has 7 nitrogen and oxygen atoms in total. The first-order valence-corrected chi connectivity index (χ1v) is 9.24. The number of carbonyl (C=O) groups excluding carboxylic acids is 2. The zero-order valence-electron chi connectivity index (χ0n) is 15.6. The van der Waals surface area contributed by atoms with Gasteiger partial charge in [-0.2, -0.15) is 0 Å². The van der Waals surface area contributed by atoms with Gasteiger partial charge >= 0.3 is 6.03 Å². The molecule has 0 aliphatic carbocycles. The van der Waals surface area contributed by atoms with Gasteiger partial charge < -0.3 is 19.8 Å². The van der Waals surface area contributed by atoms with Crippen molar-refractivity contribution >= 4 is 11.9 Å². The number of urea groups is 1. The number of pyridine rings is 1.